The average molecular weight is 272 g/mol. The van der Waals surface area contributed by atoms with Gasteiger partial charge in [0.25, 0.3) is 0 Å². The number of esters is 1. The van der Waals surface area contributed by atoms with Gasteiger partial charge in [-0.3, -0.25) is 0 Å². The third kappa shape index (κ3) is 2.72. The summed E-state index contributed by atoms with van der Waals surface area (Å²) in [6.07, 6.45) is 0. The van der Waals surface area contributed by atoms with Gasteiger partial charge < -0.3 is 9.64 Å². The Morgan fingerprint density at radius 1 is 1.47 bits per heavy atom. The maximum atomic E-state index is 11.3. The van der Waals surface area contributed by atoms with Crippen molar-refractivity contribution in [3.8, 4) is 0 Å². The molecule has 0 aliphatic heterocycles. The molecule has 3 nitrogen and oxygen atoms in total. The minimum absolute atomic E-state index is 0.303. The smallest absolute Gasteiger partial charge is 0.337 e. The predicted octanol–water partition coefficient (Wildman–Crippen LogP) is 2.43. The molecule has 0 unspecified atom stereocenters. The van der Waals surface area contributed by atoms with Crippen molar-refractivity contribution < 1.29 is 9.53 Å². The molecule has 15 heavy (non-hydrogen) atoms. The number of alkyl halides is 1. The van der Waals surface area contributed by atoms with Gasteiger partial charge in [-0.15, -0.1) is 0 Å². The SMILES string of the molecule is COC(=O)c1ccc(N(C)C)c(CBr)c1. The highest BCUT2D eigenvalue weighted by Crippen LogP contribution is 2.22. The number of benzene rings is 1. The first-order valence-electron chi connectivity index (χ1n) is 4.54. The predicted molar refractivity (Wildman–Crippen MR) is 64.7 cm³/mol. The lowest BCUT2D eigenvalue weighted by atomic mass is 10.1. The third-order valence-electron chi connectivity index (χ3n) is 2.13. The third-order valence-corrected chi connectivity index (χ3v) is 2.73. The maximum absolute atomic E-state index is 11.3. The highest BCUT2D eigenvalue weighted by molar-refractivity contribution is 9.08. The molecule has 4 heteroatoms. The second-order valence-electron chi connectivity index (χ2n) is 3.36. The van der Waals surface area contributed by atoms with Crippen LogP contribution in [0.4, 0.5) is 5.69 Å². The number of halogens is 1. The van der Waals surface area contributed by atoms with Gasteiger partial charge >= 0.3 is 5.97 Å². The highest BCUT2D eigenvalue weighted by Gasteiger charge is 2.09. The van der Waals surface area contributed by atoms with Crippen molar-refractivity contribution in [3.05, 3.63) is 29.3 Å². The fraction of sp³-hybridized carbons (Fsp3) is 0.364. The second kappa shape index (κ2) is 5.16. The van der Waals surface area contributed by atoms with Gasteiger partial charge in [0.15, 0.2) is 0 Å². The van der Waals surface area contributed by atoms with Crippen LogP contribution in [0.15, 0.2) is 18.2 Å². The fourth-order valence-electron chi connectivity index (χ4n) is 1.37. The molecule has 0 heterocycles. The van der Waals surface area contributed by atoms with Gasteiger partial charge in [0.05, 0.1) is 12.7 Å². The van der Waals surface area contributed by atoms with Gasteiger partial charge in [-0.25, -0.2) is 4.79 Å². The summed E-state index contributed by atoms with van der Waals surface area (Å²) in [4.78, 5) is 13.3. The Labute approximate surface area is 98.2 Å². The summed E-state index contributed by atoms with van der Waals surface area (Å²) in [7, 11) is 5.33. The molecule has 0 saturated heterocycles. The summed E-state index contributed by atoms with van der Waals surface area (Å²) < 4.78 is 4.67. The van der Waals surface area contributed by atoms with Crippen molar-refractivity contribution in [2.24, 2.45) is 0 Å². The van der Waals surface area contributed by atoms with E-state index in [2.05, 4.69) is 20.7 Å². The molecule has 0 amide bonds. The van der Waals surface area contributed by atoms with E-state index in [0.29, 0.717) is 10.9 Å². The van der Waals surface area contributed by atoms with Crippen molar-refractivity contribution in [3.63, 3.8) is 0 Å². The van der Waals surface area contributed by atoms with Gasteiger partial charge in [-0.1, -0.05) is 15.9 Å². The van der Waals surface area contributed by atoms with Crippen LogP contribution in [0, 0.1) is 0 Å². The maximum Gasteiger partial charge on any atom is 0.337 e. The molecular weight excluding hydrogens is 258 g/mol. The number of rotatable bonds is 3. The molecule has 0 radical (unpaired) electrons. The summed E-state index contributed by atoms with van der Waals surface area (Å²) in [5.74, 6) is -0.303. The summed E-state index contributed by atoms with van der Waals surface area (Å²) in [5, 5.41) is 0.714. The van der Waals surface area contributed by atoms with Crippen molar-refractivity contribution in [1.82, 2.24) is 0 Å². The molecule has 0 aliphatic carbocycles. The number of methoxy groups -OCH3 is 1. The van der Waals surface area contributed by atoms with Crippen LogP contribution in [-0.2, 0) is 10.1 Å². The van der Waals surface area contributed by atoms with Gasteiger partial charge in [0.1, 0.15) is 0 Å². The van der Waals surface area contributed by atoms with Crippen molar-refractivity contribution in [1.29, 1.82) is 0 Å². The van der Waals surface area contributed by atoms with E-state index >= 15 is 0 Å². The average Bonchev–Trinajstić information content (AvgIpc) is 2.26. The number of hydrogen-bond donors (Lipinski definition) is 0. The summed E-state index contributed by atoms with van der Waals surface area (Å²) in [6, 6.07) is 5.53. The Kier molecular flexibility index (Phi) is 4.15. The minimum atomic E-state index is -0.303. The van der Waals surface area contributed by atoms with E-state index in [1.54, 1.807) is 6.07 Å². The molecule has 0 fully saturated rings. The molecule has 0 saturated carbocycles. The van der Waals surface area contributed by atoms with Crippen LogP contribution in [0.25, 0.3) is 0 Å². The molecule has 82 valence electrons. The molecule has 0 spiro atoms. The number of hydrogen-bond acceptors (Lipinski definition) is 3. The van der Waals surface area contributed by atoms with Crippen LogP contribution < -0.4 is 4.90 Å². The molecular formula is C11H14BrNO2. The topological polar surface area (TPSA) is 29.5 Å². The Balaban J connectivity index is 3.13. The number of anilines is 1. The van der Waals surface area contributed by atoms with E-state index in [4.69, 9.17) is 0 Å². The van der Waals surface area contributed by atoms with Crippen LogP contribution >= 0.6 is 15.9 Å². The first kappa shape index (κ1) is 12.0. The zero-order valence-corrected chi connectivity index (χ0v) is 10.7. The van der Waals surface area contributed by atoms with E-state index in [0.717, 1.165) is 11.3 Å². The van der Waals surface area contributed by atoms with E-state index in [1.165, 1.54) is 7.11 Å². The van der Waals surface area contributed by atoms with E-state index < -0.39 is 0 Å². The van der Waals surface area contributed by atoms with Crippen LogP contribution in [0.3, 0.4) is 0 Å². The fourth-order valence-corrected chi connectivity index (χ4v) is 1.82. The highest BCUT2D eigenvalue weighted by atomic mass is 79.9. The molecule has 0 bridgehead atoms. The molecule has 1 rings (SSSR count). The molecule has 1 aromatic rings. The first-order valence-corrected chi connectivity index (χ1v) is 5.66. The van der Waals surface area contributed by atoms with Crippen LogP contribution in [0.2, 0.25) is 0 Å². The van der Waals surface area contributed by atoms with Gasteiger partial charge in [0.2, 0.25) is 0 Å². The zero-order valence-electron chi connectivity index (χ0n) is 9.08. The molecule has 0 atom stereocenters. The summed E-state index contributed by atoms with van der Waals surface area (Å²) in [5.41, 5.74) is 2.75. The standard InChI is InChI=1S/C11H14BrNO2/c1-13(2)10-5-4-8(11(14)15-3)6-9(10)7-12/h4-6H,7H2,1-3H3. The van der Waals surface area contributed by atoms with Crippen LogP contribution in [0.5, 0.6) is 0 Å². The van der Waals surface area contributed by atoms with Crippen molar-refractivity contribution >= 4 is 27.6 Å². The van der Waals surface area contributed by atoms with E-state index in [1.807, 2.05) is 31.1 Å². The number of carbonyl (C=O) groups excluding carboxylic acids is 1. The van der Waals surface area contributed by atoms with Gasteiger partial charge in [0, 0.05) is 25.1 Å². The van der Waals surface area contributed by atoms with Crippen LogP contribution in [-0.4, -0.2) is 27.2 Å². The largest absolute Gasteiger partial charge is 0.465 e. The molecule has 1 aromatic carbocycles. The zero-order chi connectivity index (χ0) is 11.4. The van der Waals surface area contributed by atoms with Crippen LogP contribution in [0.1, 0.15) is 15.9 Å². The van der Waals surface area contributed by atoms with E-state index in [-0.39, 0.29) is 5.97 Å². The molecule has 0 aliphatic rings. The summed E-state index contributed by atoms with van der Waals surface area (Å²) >= 11 is 3.40. The normalized spacial score (nSPS) is 9.87. The Bertz CT molecular complexity index is 364. The van der Waals surface area contributed by atoms with Gasteiger partial charge in [-0.05, 0) is 23.8 Å². The quantitative estimate of drug-likeness (QED) is 0.625. The van der Waals surface area contributed by atoms with E-state index in [9.17, 15) is 4.79 Å². The Hall–Kier alpha value is -1.03. The number of ether oxygens (including phenoxy) is 1. The number of nitrogens with zero attached hydrogens (tertiary/aromatic N) is 1. The Morgan fingerprint density at radius 3 is 2.60 bits per heavy atom. The monoisotopic (exact) mass is 271 g/mol. The second-order valence-corrected chi connectivity index (χ2v) is 3.92. The lowest BCUT2D eigenvalue weighted by Crippen LogP contribution is -2.12. The minimum Gasteiger partial charge on any atom is -0.465 e. The van der Waals surface area contributed by atoms with Crippen molar-refractivity contribution in [2.45, 2.75) is 5.33 Å². The molecule has 0 N–H and O–H groups in total. The lowest BCUT2D eigenvalue weighted by molar-refractivity contribution is 0.0600. The van der Waals surface area contributed by atoms with Gasteiger partial charge in [-0.2, -0.15) is 0 Å². The number of carbonyl (C=O) groups is 1. The summed E-state index contributed by atoms with van der Waals surface area (Å²) in [6.45, 7) is 0. The first-order chi connectivity index (χ1) is 7.10. The Morgan fingerprint density at radius 2 is 2.13 bits per heavy atom. The lowest BCUT2D eigenvalue weighted by Gasteiger charge is -2.16. The molecule has 0 aromatic heterocycles. The van der Waals surface area contributed by atoms with Crippen molar-refractivity contribution in [2.75, 3.05) is 26.1 Å².